The Kier molecular flexibility index (Phi) is 4.05. The van der Waals surface area contributed by atoms with Crippen LogP contribution >= 0.6 is 0 Å². The molecule has 0 amide bonds. The van der Waals surface area contributed by atoms with Gasteiger partial charge < -0.3 is 9.47 Å². The Morgan fingerprint density at radius 1 is 1.22 bits per heavy atom. The minimum absolute atomic E-state index is 0.380. The molecule has 1 fully saturated rings. The van der Waals surface area contributed by atoms with Crippen LogP contribution in [0.5, 0.6) is 5.75 Å². The van der Waals surface area contributed by atoms with Crippen LogP contribution in [0, 0.1) is 0 Å². The third-order valence-electron chi connectivity index (χ3n) is 2.65. The predicted molar refractivity (Wildman–Crippen MR) is 67.9 cm³/mol. The monoisotopic (exact) mass is 272 g/mol. The molecular formula is C11H16N2O4S. The normalized spacial score (nSPS) is 17.4. The molecule has 1 aromatic rings. The molecule has 0 saturated carbocycles. The second-order valence-corrected chi connectivity index (χ2v) is 5.52. The van der Waals surface area contributed by atoms with Gasteiger partial charge >= 0.3 is 10.2 Å². The van der Waals surface area contributed by atoms with Gasteiger partial charge in [-0.25, -0.2) is 0 Å². The van der Waals surface area contributed by atoms with Gasteiger partial charge in [-0.3, -0.25) is 4.72 Å². The van der Waals surface area contributed by atoms with Crippen LogP contribution in [0.3, 0.4) is 0 Å². The van der Waals surface area contributed by atoms with Gasteiger partial charge in [0.25, 0.3) is 0 Å². The Balaban J connectivity index is 2.06. The van der Waals surface area contributed by atoms with Gasteiger partial charge in [-0.15, -0.1) is 0 Å². The molecule has 0 spiro atoms. The average Bonchev–Trinajstić information content (AvgIpc) is 2.40. The third kappa shape index (κ3) is 3.12. The number of hydrogen-bond donors (Lipinski definition) is 1. The molecule has 1 aromatic carbocycles. The maximum absolute atomic E-state index is 12.0. The van der Waals surface area contributed by atoms with Gasteiger partial charge in [0, 0.05) is 13.1 Å². The van der Waals surface area contributed by atoms with Crippen molar-refractivity contribution >= 4 is 15.9 Å². The van der Waals surface area contributed by atoms with E-state index < -0.39 is 10.2 Å². The van der Waals surface area contributed by atoms with Crippen LogP contribution in [0.4, 0.5) is 5.69 Å². The first-order valence-electron chi connectivity index (χ1n) is 5.61. The maximum atomic E-state index is 12.0. The van der Waals surface area contributed by atoms with Gasteiger partial charge in [0.05, 0.1) is 26.0 Å². The molecule has 0 unspecified atom stereocenters. The maximum Gasteiger partial charge on any atom is 0.301 e. The van der Waals surface area contributed by atoms with Crippen molar-refractivity contribution in [2.24, 2.45) is 0 Å². The van der Waals surface area contributed by atoms with E-state index in [-0.39, 0.29) is 0 Å². The largest absolute Gasteiger partial charge is 0.497 e. The molecule has 1 aliphatic rings. The van der Waals surface area contributed by atoms with Gasteiger partial charge in [-0.05, 0) is 24.3 Å². The SMILES string of the molecule is COc1ccc(NS(=O)(=O)N2CCOCC2)cc1. The van der Waals surface area contributed by atoms with Crippen molar-refractivity contribution in [1.82, 2.24) is 4.31 Å². The van der Waals surface area contributed by atoms with Crippen LogP contribution in [-0.4, -0.2) is 46.1 Å². The second-order valence-electron chi connectivity index (χ2n) is 3.85. The smallest absolute Gasteiger partial charge is 0.301 e. The summed E-state index contributed by atoms with van der Waals surface area (Å²) in [6, 6.07) is 6.74. The highest BCUT2D eigenvalue weighted by molar-refractivity contribution is 7.90. The summed E-state index contributed by atoms with van der Waals surface area (Å²) in [4.78, 5) is 0. The minimum Gasteiger partial charge on any atom is -0.497 e. The highest BCUT2D eigenvalue weighted by Crippen LogP contribution is 2.17. The molecule has 0 aliphatic carbocycles. The summed E-state index contributed by atoms with van der Waals surface area (Å²) < 4.78 is 38.1. The number of anilines is 1. The zero-order chi connectivity index (χ0) is 13.0. The molecule has 1 saturated heterocycles. The number of rotatable bonds is 4. The van der Waals surface area contributed by atoms with Gasteiger partial charge in [0.1, 0.15) is 5.75 Å². The summed E-state index contributed by atoms with van der Waals surface area (Å²) in [6.07, 6.45) is 0. The highest BCUT2D eigenvalue weighted by Gasteiger charge is 2.23. The number of morpholine rings is 1. The molecule has 1 aliphatic heterocycles. The lowest BCUT2D eigenvalue weighted by Crippen LogP contribution is -2.43. The summed E-state index contributed by atoms with van der Waals surface area (Å²) in [6.45, 7) is 1.63. The lowest BCUT2D eigenvalue weighted by Gasteiger charge is -2.26. The van der Waals surface area contributed by atoms with Crippen molar-refractivity contribution in [3.8, 4) is 5.75 Å². The van der Waals surface area contributed by atoms with Crippen LogP contribution in [-0.2, 0) is 14.9 Å². The van der Waals surface area contributed by atoms with E-state index in [2.05, 4.69) is 4.72 Å². The lowest BCUT2D eigenvalue weighted by atomic mass is 10.3. The van der Waals surface area contributed by atoms with Crippen LogP contribution in [0.25, 0.3) is 0 Å². The minimum atomic E-state index is -3.49. The Labute approximate surface area is 107 Å². The number of ether oxygens (including phenoxy) is 2. The molecule has 0 bridgehead atoms. The molecule has 6 nitrogen and oxygen atoms in total. The number of methoxy groups -OCH3 is 1. The van der Waals surface area contributed by atoms with E-state index in [1.54, 1.807) is 31.4 Å². The Hall–Kier alpha value is -1.31. The van der Waals surface area contributed by atoms with E-state index in [0.717, 1.165) is 0 Å². The fourth-order valence-electron chi connectivity index (χ4n) is 1.66. The molecular weight excluding hydrogens is 256 g/mol. The zero-order valence-electron chi connectivity index (χ0n) is 10.1. The van der Waals surface area contributed by atoms with E-state index in [1.165, 1.54) is 4.31 Å². The van der Waals surface area contributed by atoms with Crippen molar-refractivity contribution < 1.29 is 17.9 Å². The van der Waals surface area contributed by atoms with Crippen molar-refractivity contribution in [2.75, 3.05) is 38.1 Å². The summed E-state index contributed by atoms with van der Waals surface area (Å²) in [7, 11) is -1.93. The molecule has 7 heteroatoms. The fraction of sp³-hybridized carbons (Fsp3) is 0.455. The molecule has 0 aromatic heterocycles. The first-order chi connectivity index (χ1) is 8.62. The van der Waals surface area contributed by atoms with Gasteiger partial charge in [-0.1, -0.05) is 0 Å². The predicted octanol–water partition coefficient (Wildman–Crippen LogP) is 0.684. The van der Waals surface area contributed by atoms with Crippen LogP contribution < -0.4 is 9.46 Å². The number of benzene rings is 1. The number of hydrogen-bond acceptors (Lipinski definition) is 4. The van der Waals surface area contributed by atoms with Crippen molar-refractivity contribution in [2.45, 2.75) is 0 Å². The van der Waals surface area contributed by atoms with E-state index in [1.807, 2.05) is 0 Å². The third-order valence-corrected chi connectivity index (χ3v) is 4.19. The quantitative estimate of drug-likeness (QED) is 0.875. The standard InChI is InChI=1S/C11H16N2O4S/c1-16-11-4-2-10(3-5-11)12-18(14,15)13-6-8-17-9-7-13/h2-5,12H,6-9H2,1H3. The van der Waals surface area contributed by atoms with Gasteiger partial charge in [0.15, 0.2) is 0 Å². The van der Waals surface area contributed by atoms with Crippen LogP contribution in [0.2, 0.25) is 0 Å². The van der Waals surface area contributed by atoms with Crippen molar-refractivity contribution in [1.29, 1.82) is 0 Å². The van der Waals surface area contributed by atoms with Crippen LogP contribution in [0.1, 0.15) is 0 Å². The molecule has 1 N–H and O–H groups in total. The fourth-order valence-corrected chi connectivity index (χ4v) is 2.85. The second kappa shape index (κ2) is 5.55. The Morgan fingerprint density at radius 2 is 1.83 bits per heavy atom. The topological polar surface area (TPSA) is 67.9 Å². The number of nitrogens with zero attached hydrogens (tertiary/aromatic N) is 1. The van der Waals surface area contributed by atoms with E-state index in [4.69, 9.17) is 9.47 Å². The van der Waals surface area contributed by atoms with Gasteiger partial charge in [0.2, 0.25) is 0 Å². The summed E-state index contributed by atoms with van der Waals surface area (Å²) >= 11 is 0. The van der Waals surface area contributed by atoms with E-state index in [0.29, 0.717) is 37.7 Å². The molecule has 0 atom stereocenters. The Morgan fingerprint density at radius 3 is 2.39 bits per heavy atom. The summed E-state index contributed by atoms with van der Waals surface area (Å²) in [5.41, 5.74) is 0.516. The molecule has 2 rings (SSSR count). The van der Waals surface area contributed by atoms with Crippen molar-refractivity contribution in [3.63, 3.8) is 0 Å². The molecule has 18 heavy (non-hydrogen) atoms. The first kappa shape index (κ1) is 13.1. The Bertz CT molecular complexity index is 480. The molecule has 100 valence electrons. The van der Waals surface area contributed by atoms with E-state index >= 15 is 0 Å². The zero-order valence-corrected chi connectivity index (χ0v) is 10.9. The van der Waals surface area contributed by atoms with Crippen LogP contribution in [0.15, 0.2) is 24.3 Å². The number of nitrogens with one attached hydrogen (secondary N) is 1. The molecule has 1 heterocycles. The van der Waals surface area contributed by atoms with Crippen molar-refractivity contribution in [3.05, 3.63) is 24.3 Å². The summed E-state index contributed by atoms with van der Waals surface area (Å²) in [5, 5.41) is 0. The van der Waals surface area contributed by atoms with E-state index in [9.17, 15) is 8.42 Å². The lowest BCUT2D eigenvalue weighted by molar-refractivity contribution is 0.0733. The average molecular weight is 272 g/mol. The first-order valence-corrected chi connectivity index (χ1v) is 7.05. The van der Waals surface area contributed by atoms with Gasteiger partial charge in [-0.2, -0.15) is 12.7 Å². The highest BCUT2D eigenvalue weighted by atomic mass is 32.2. The molecule has 0 radical (unpaired) electrons. The summed E-state index contributed by atoms with van der Waals surface area (Å²) in [5.74, 6) is 0.685.